The van der Waals surface area contributed by atoms with Crippen molar-refractivity contribution in [3.63, 3.8) is 0 Å². The number of nitrogens with zero attached hydrogens (tertiary/aromatic N) is 1. The van der Waals surface area contributed by atoms with Gasteiger partial charge in [-0.15, -0.1) is 0 Å². The molecule has 0 spiro atoms. The number of aromatic nitrogens is 2. The number of para-hydroxylation sites is 2. The number of amides is 1. The smallest absolute Gasteiger partial charge is 0.311 e. The number of carbonyl (C=O) groups is 2. The van der Waals surface area contributed by atoms with Gasteiger partial charge in [-0.3, -0.25) is 9.59 Å². The first-order valence-electron chi connectivity index (χ1n) is 8.96. The molecule has 1 amide bonds. The Morgan fingerprint density at radius 3 is 2.88 bits per heavy atom. The van der Waals surface area contributed by atoms with Crippen LogP contribution in [0.3, 0.4) is 0 Å². The molecule has 6 nitrogen and oxygen atoms in total. The zero-order valence-corrected chi connectivity index (χ0v) is 14.3. The molecule has 0 radical (unpaired) electrons. The summed E-state index contributed by atoms with van der Waals surface area (Å²) in [5, 5.41) is 3.10. The SMILES string of the molecule is COC(=O)[C@H]1[C@H]2CC[C@@H](C2)[C@@H]1NC(=O)CCc1nc2ccccc2[nH]1. The molecule has 4 rings (SSSR count). The quantitative estimate of drug-likeness (QED) is 0.817. The van der Waals surface area contributed by atoms with Gasteiger partial charge in [-0.25, -0.2) is 4.98 Å². The molecule has 2 N–H and O–H groups in total. The van der Waals surface area contributed by atoms with Crippen molar-refractivity contribution in [2.45, 2.75) is 38.1 Å². The number of carbonyl (C=O) groups excluding carboxylic acids is 2. The number of methoxy groups -OCH3 is 1. The van der Waals surface area contributed by atoms with Crippen molar-refractivity contribution in [1.29, 1.82) is 0 Å². The average molecular weight is 341 g/mol. The number of H-pyrrole nitrogens is 1. The molecule has 1 heterocycles. The number of fused-ring (bicyclic) bond motifs is 3. The molecule has 132 valence electrons. The highest BCUT2D eigenvalue weighted by molar-refractivity contribution is 5.80. The van der Waals surface area contributed by atoms with E-state index in [4.69, 9.17) is 4.74 Å². The molecule has 0 aliphatic heterocycles. The summed E-state index contributed by atoms with van der Waals surface area (Å²) in [6.07, 6.45) is 4.10. The Morgan fingerprint density at radius 2 is 2.08 bits per heavy atom. The minimum atomic E-state index is -0.185. The van der Waals surface area contributed by atoms with Gasteiger partial charge in [-0.1, -0.05) is 12.1 Å². The lowest BCUT2D eigenvalue weighted by Crippen LogP contribution is -2.47. The summed E-state index contributed by atoms with van der Waals surface area (Å²) >= 11 is 0. The van der Waals surface area contributed by atoms with E-state index in [1.54, 1.807) is 0 Å². The van der Waals surface area contributed by atoms with Crippen molar-refractivity contribution in [2.75, 3.05) is 7.11 Å². The molecular weight excluding hydrogens is 318 g/mol. The largest absolute Gasteiger partial charge is 0.469 e. The van der Waals surface area contributed by atoms with Crippen molar-refractivity contribution in [3.8, 4) is 0 Å². The third kappa shape index (κ3) is 3.01. The van der Waals surface area contributed by atoms with Crippen LogP contribution in [-0.2, 0) is 20.7 Å². The molecule has 0 saturated heterocycles. The van der Waals surface area contributed by atoms with E-state index in [1.807, 2.05) is 24.3 Å². The van der Waals surface area contributed by atoms with Crippen LogP contribution in [0.4, 0.5) is 0 Å². The van der Waals surface area contributed by atoms with Crippen molar-refractivity contribution in [3.05, 3.63) is 30.1 Å². The topological polar surface area (TPSA) is 84.1 Å². The lowest BCUT2D eigenvalue weighted by Gasteiger charge is -2.29. The second-order valence-corrected chi connectivity index (χ2v) is 7.18. The molecule has 2 aliphatic rings. The van der Waals surface area contributed by atoms with E-state index in [9.17, 15) is 9.59 Å². The first-order chi connectivity index (χ1) is 12.2. The Kier molecular flexibility index (Phi) is 4.19. The fraction of sp³-hybridized carbons (Fsp3) is 0.526. The highest BCUT2D eigenvalue weighted by Gasteiger charge is 2.51. The number of rotatable bonds is 5. The average Bonchev–Trinajstić information content (AvgIpc) is 3.33. The fourth-order valence-electron chi connectivity index (χ4n) is 4.59. The molecule has 6 heteroatoms. The Hall–Kier alpha value is -2.37. The number of nitrogens with one attached hydrogen (secondary N) is 2. The number of ether oxygens (including phenoxy) is 1. The molecule has 1 aromatic heterocycles. The van der Waals surface area contributed by atoms with Gasteiger partial charge in [-0.2, -0.15) is 0 Å². The van der Waals surface area contributed by atoms with Crippen LogP contribution in [0, 0.1) is 17.8 Å². The third-order valence-electron chi connectivity index (χ3n) is 5.74. The monoisotopic (exact) mass is 341 g/mol. The molecule has 25 heavy (non-hydrogen) atoms. The maximum absolute atomic E-state index is 12.4. The van der Waals surface area contributed by atoms with E-state index in [0.717, 1.165) is 36.1 Å². The Labute approximate surface area is 146 Å². The maximum Gasteiger partial charge on any atom is 0.311 e. The lowest BCUT2D eigenvalue weighted by molar-refractivity contribution is -0.148. The second kappa shape index (κ2) is 6.50. The molecule has 2 aromatic rings. The Balaban J connectivity index is 1.37. The van der Waals surface area contributed by atoms with Gasteiger partial charge in [0.05, 0.1) is 24.1 Å². The number of hydrogen-bond acceptors (Lipinski definition) is 4. The lowest BCUT2D eigenvalue weighted by atomic mass is 9.84. The van der Waals surface area contributed by atoms with E-state index in [2.05, 4.69) is 15.3 Å². The number of aryl methyl sites for hydroxylation is 1. The van der Waals surface area contributed by atoms with E-state index in [1.165, 1.54) is 7.11 Å². The Bertz CT molecular complexity index is 767. The molecule has 4 atom stereocenters. The number of esters is 1. The van der Waals surface area contributed by atoms with Crippen LogP contribution in [0.5, 0.6) is 0 Å². The van der Waals surface area contributed by atoms with Gasteiger partial charge in [0.2, 0.25) is 5.91 Å². The predicted octanol–water partition coefficient (Wildman–Crippen LogP) is 2.20. The molecule has 2 aliphatic carbocycles. The Morgan fingerprint density at radius 1 is 1.28 bits per heavy atom. The zero-order chi connectivity index (χ0) is 17.4. The summed E-state index contributed by atoms with van der Waals surface area (Å²) in [7, 11) is 1.43. The van der Waals surface area contributed by atoms with Crippen LogP contribution < -0.4 is 5.32 Å². The van der Waals surface area contributed by atoms with Crippen LogP contribution in [0.25, 0.3) is 11.0 Å². The third-order valence-corrected chi connectivity index (χ3v) is 5.74. The zero-order valence-electron chi connectivity index (χ0n) is 14.3. The first-order valence-corrected chi connectivity index (χ1v) is 8.96. The number of hydrogen-bond donors (Lipinski definition) is 2. The summed E-state index contributed by atoms with van der Waals surface area (Å²) in [5.74, 6) is 1.19. The first kappa shape index (κ1) is 16.1. The van der Waals surface area contributed by atoms with E-state index in [-0.39, 0.29) is 23.8 Å². The summed E-state index contributed by atoms with van der Waals surface area (Å²) in [4.78, 5) is 32.2. The highest BCUT2D eigenvalue weighted by atomic mass is 16.5. The molecule has 0 unspecified atom stereocenters. The molecule has 1 aromatic carbocycles. The van der Waals surface area contributed by atoms with Crippen LogP contribution in [0.15, 0.2) is 24.3 Å². The predicted molar refractivity (Wildman–Crippen MR) is 92.7 cm³/mol. The van der Waals surface area contributed by atoms with E-state index < -0.39 is 0 Å². The van der Waals surface area contributed by atoms with Crippen LogP contribution in [0.1, 0.15) is 31.5 Å². The number of benzene rings is 1. The molecule has 2 saturated carbocycles. The minimum absolute atomic E-state index is 0.0214. The highest BCUT2D eigenvalue weighted by Crippen LogP contribution is 2.48. The van der Waals surface area contributed by atoms with Gasteiger partial charge < -0.3 is 15.0 Å². The second-order valence-electron chi connectivity index (χ2n) is 7.18. The normalized spacial score (nSPS) is 27.6. The summed E-state index contributed by atoms with van der Waals surface area (Å²) in [6.45, 7) is 0. The van der Waals surface area contributed by atoms with Gasteiger partial charge >= 0.3 is 5.97 Å². The number of imidazole rings is 1. The van der Waals surface area contributed by atoms with Gasteiger partial charge in [0.1, 0.15) is 5.82 Å². The summed E-state index contributed by atoms with van der Waals surface area (Å²) in [5.41, 5.74) is 1.90. The van der Waals surface area contributed by atoms with Crippen LogP contribution >= 0.6 is 0 Å². The number of aromatic amines is 1. The van der Waals surface area contributed by atoms with Crippen molar-refractivity contribution in [2.24, 2.45) is 17.8 Å². The van der Waals surface area contributed by atoms with Crippen LogP contribution in [-0.4, -0.2) is 35.0 Å². The van der Waals surface area contributed by atoms with Gasteiger partial charge in [0.15, 0.2) is 0 Å². The van der Waals surface area contributed by atoms with E-state index in [0.29, 0.717) is 24.7 Å². The fourth-order valence-corrected chi connectivity index (χ4v) is 4.59. The summed E-state index contributed by atoms with van der Waals surface area (Å²) in [6, 6.07) is 7.75. The van der Waals surface area contributed by atoms with Crippen molar-refractivity contribution < 1.29 is 14.3 Å². The standard InChI is InChI=1S/C19H23N3O3/c1-25-19(24)17-11-6-7-12(10-11)18(17)22-16(23)9-8-15-20-13-4-2-3-5-14(13)21-15/h2-5,11-12,17-18H,6-10H2,1H3,(H,20,21)(H,22,23)/t11-,12-,17-,18-/m0/s1. The van der Waals surface area contributed by atoms with Gasteiger partial charge in [0.25, 0.3) is 0 Å². The summed E-state index contributed by atoms with van der Waals surface area (Å²) < 4.78 is 4.96. The minimum Gasteiger partial charge on any atom is -0.469 e. The van der Waals surface area contributed by atoms with Gasteiger partial charge in [-0.05, 0) is 43.2 Å². The van der Waals surface area contributed by atoms with Gasteiger partial charge in [0, 0.05) is 18.9 Å². The van der Waals surface area contributed by atoms with Crippen LogP contribution in [0.2, 0.25) is 0 Å². The molecular formula is C19H23N3O3. The van der Waals surface area contributed by atoms with Crippen molar-refractivity contribution >= 4 is 22.9 Å². The maximum atomic E-state index is 12.4. The molecule has 2 bridgehead atoms. The van der Waals surface area contributed by atoms with Crippen molar-refractivity contribution in [1.82, 2.24) is 15.3 Å². The van der Waals surface area contributed by atoms with E-state index >= 15 is 0 Å². The molecule has 2 fully saturated rings.